The van der Waals surface area contributed by atoms with Crippen LogP contribution in [-0.4, -0.2) is 39.6 Å². The number of anilines is 1. The minimum absolute atomic E-state index is 0.0993. The molecule has 0 aliphatic carbocycles. The van der Waals surface area contributed by atoms with Gasteiger partial charge in [0.2, 0.25) is 0 Å². The van der Waals surface area contributed by atoms with Crippen molar-refractivity contribution in [1.29, 1.82) is 0 Å². The van der Waals surface area contributed by atoms with E-state index in [0.29, 0.717) is 18.8 Å². The smallest absolute Gasteiger partial charge is 0.319 e. The summed E-state index contributed by atoms with van der Waals surface area (Å²) in [5.74, 6) is 1.04. The number of nitrogens with one attached hydrogen (secondary N) is 3. The number of methoxy groups -OCH3 is 1. The molecule has 3 N–H and O–H groups in total. The molecule has 8 heteroatoms. The summed E-state index contributed by atoms with van der Waals surface area (Å²) in [4.78, 5) is 12.0. The van der Waals surface area contributed by atoms with E-state index in [0.717, 1.165) is 16.9 Å². The monoisotopic (exact) mass is 389 g/mol. The molecule has 0 unspecified atom stereocenters. The molecule has 0 spiro atoms. The maximum absolute atomic E-state index is 12.0. The van der Waals surface area contributed by atoms with Gasteiger partial charge in [-0.3, -0.25) is 0 Å². The zero-order valence-corrected chi connectivity index (χ0v) is 15.9. The quantitative estimate of drug-likeness (QED) is 0.728. The number of carbonyl (C=O) groups excluding carboxylic acids is 1. The second kappa shape index (κ2) is 8.41. The van der Waals surface area contributed by atoms with E-state index < -0.39 is 9.84 Å². The van der Waals surface area contributed by atoms with E-state index in [-0.39, 0.29) is 23.6 Å². The first-order valence-electron chi connectivity index (χ1n) is 8.67. The van der Waals surface area contributed by atoms with Gasteiger partial charge in [-0.05, 0) is 35.4 Å². The molecule has 2 amide bonds. The lowest BCUT2D eigenvalue weighted by atomic mass is 10.1. The van der Waals surface area contributed by atoms with E-state index in [1.807, 2.05) is 36.4 Å². The maximum atomic E-state index is 12.0. The van der Waals surface area contributed by atoms with Crippen molar-refractivity contribution in [1.82, 2.24) is 10.6 Å². The van der Waals surface area contributed by atoms with Gasteiger partial charge in [0.25, 0.3) is 0 Å². The number of amides is 2. The maximum Gasteiger partial charge on any atom is 0.319 e. The van der Waals surface area contributed by atoms with E-state index in [9.17, 15) is 13.2 Å². The van der Waals surface area contributed by atoms with Crippen LogP contribution in [0.4, 0.5) is 10.5 Å². The minimum atomic E-state index is -3.00. The largest absolute Gasteiger partial charge is 0.497 e. The van der Waals surface area contributed by atoms with Crippen molar-refractivity contribution in [2.75, 3.05) is 30.5 Å². The van der Waals surface area contributed by atoms with Crippen LogP contribution in [0.25, 0.3) is 0 Å². The van der Waals surface area contributed by atoms with Crippen LogP contribution < -0.4 is 20.7 Å². The third-order valence-electron chi connectivity index (χ3n) is 4.41. The highest BCUT2D eigenvalue weighted by Crippen LogP contribution is 2.20. The van der Waals surface area contributed by atoms with Crippen molar-refractivity contribution in [3.63, 3.8) is 0 Å². The second-order valence-corrected chi connectivity index (χ2v) is 8.63. The van der Waals surface area contributed by atoms with Crippen LogP contribution in [-0.2, 0) is 16.4 Å². The first-order chi connectivity index (χ1) is 12.9. The number of carbonyl (C=O) groups is 1. The van der Waals surface area contributed by atoms with Crippen LogP contribution >= 0.6 is 0 Å². The number of benzene rings is 2. The highest BCUT2D eigenvalue weighted by Gasteiger charge is 2.25. The minimum Gasteiger partial charge on any atom is -0.497 e. The molecule has 3 rings (SSSR count). The fourth-order valence-electron chi connectivity index (χ4n) is 2.90. The van der Waals surface area contributed by atoms with Crippen LogP contribution in [0.2, 0.25) is 0 Å². The van der Waals surface area contributed by atoms with Crippen molar-refractivity contribution in [3.05, 3.63) is 59.7 Å². The van der Waals surface area contributed by atoms with Crippen molar-refractivity contribution in [3.8, 4) is 5.75 Å². The van der Waals surface area contributed by atoms with Crippen molar-refractivity contribution in [2.45, 2.75) is 12.6 Å². The topological polar surface area (TPSA) is 96.5 Å². The Kier molecular flexibility index (Phi) is 5.98. The molecule has 1 fully saturated rings. The van der Waals surface area contributed by atoms with E-state index in [2.05, 4.69) is 16.0 Å². The molecule has 2 aromatic rings. The Balaban J connectivity index is 1.52. The third-order valence-corrected chi connectivity index (χ3v) is 6.07. The molecule has 1 aliphatic heterocycles. The lowest BCUT2D eigenvalue weighted by molar-refractivity contribution is 0.251. The van der Waals surface area contributed by atoms with Crippen LogP contribution in [0.5, 0.6) is 5.75 Å². The summed E-state index contributed by atoms with van der Waals surface area (Å²) in [5, 5.41) is 8.77. The predicted molar refractivity (Wildman–Crippen MR) is 105 cm³/mol. The Morgan fingerprint density at radius 3 is 2.48 bits per heavy atom. The molecule has 1 heterocycles. The van der Waals surface area contributed by atoms with Gasteiger partial charge in [-0.25, -0.2) is 13.2 Å². The fraction of sp³-hybridized carbons (Fsp3) is 0.316. The van der Waals surface area contributed by atoms with Gasteiger partial charge in [-0.2, -0.15) is 0 Å². The Morgan fingerprint density at radius 1 is 1.15 bits per heavy atom. The normalized spacial score (nSPS) is 18.5. The Morgan fingerprint density at radius 2 is 1.85 bits per heavy atom. The average Bonchev–Trinajstić information content (AvgIpc) is 2.66. The molecular weight excluding hydrogens is 366 g/mol. The van der Waals surface area contributed by atoms with Crippen molar-refractivity contribution >= 4 is 21.6 Å². The second-order valence-electron chi connectivity index (χ2n) is 6.40. The lowest BCUT2D eigenvalue weighted by Gasteiger charge is -2.24. The van der Waals surface area contributed by atoms with E-state index in [1.54, 1.807) is 19.2 Å². The molecule has 0 radical (unpaired) electrons. The molecule has 7 nitrogen and oxygen atoms in total. The molecule has 1 saturated heterocycles. The van der Waals surface area contributed by atoms with E-state index >= 15 is 0 Å². The van der Waals surface area contributed by atoms with Gasteiger partial charge >= 0.3 is 6.03 Å². The summed E-state index contributed by atoms with van der Waals surface area (Å²) >= 11 is 0. The summed E-state index contributed by atoms with van der Waals surface area (Å²) < 4.78 is 28.6. The molecular formula is C19H23N3O4S. The SMILES string of the molecule is COc1ccc(CNC(=O)Nc2ccc([C@@H]3CS(=O)(=O)CCN3)cc2)cc1. The number of urea groups is 1. The van der Waals surface area contributed by atoms with Crippen molar-refractivity contribution < 1.29 is 17.9 Å². The number of hydrogen-bond acceptors (Lipinski definition) is 5. The first-order valence-corrected chi connectivity index (χ1v) is 10.5. The third kappa shape index (κ3) is 5.45. The summed E-state index contributed by atoms with van der Waals surface area (Å²) in [7, 11) is -1.39. The lowest BCUT2D eigenvalue weighted by Crippen LogP contribution is -2.39. The highest BCUT2D eigenvalue weighted by atomic mass is 32.2. The molecule has 0 bridgehead atoms. The molecule has 1 aliphatic rings. The molecule has 0 saturated carbocycles. The predicted octanol–water partition coefficient (Wildman–Crippen LogP) is 2.08. The molecule has 27 heavy (non-hydrogen) atoms. The number of sulfone groups is 1. The van der Waals surface area contributed by atoms with E-state index in [1.165, 1.54) is 0 Å². The summed E-state index contributed by atoms with van der Waals surface area (Å²) in [6, 6.07) is 14.1. The fourth-order valence-corrected chi connectivity index (χ4v) is 4.31. The Labute approximate surface area is 159 Å². The van der Waals surface area contributed by atoms with Crippen LogP contribution in [0.3, 0.4) is 0 Å². The Bertz CT molecular complexity index is 880. The van der Waals surface area contributed by atoms with Crippen molar-refractivity contribution in [2.24, 2.45) is 0 Å². The van der Waals surface area contributed by atoms with Gasteiger partial charge in [-0.1, -0.05) is 24.3 Å². The Hall–Kier alpha value is -2.58. The van der Waals surface area contributed by atoms with Gasteiger partial charge in [0.15, 0.2) is 9.84 Å². The first kappa shape index (κ1) is 19.2. The zero-order valence-electron chi connectivity index (χ0n) is 15.1. The van der Waals surface area contributed by atoms with Gasteiger partial charge in [0, 0.05) is 24.8 Å². The number of rotatable bonds is 5. The summed E-state index contributed by atoms with van der Waals surface area (Å²) in [6.45, 7) is 0.860. The molecule has 2 aromatic carbocycles. The average molecular weight is 389 g/mol. The molecule has 0 aromatic heterocycles. The summed E-state index contributed by atoms with van der Waals surface area (Å²) in [5.41, 5.74) is 2.50. The van der Waals surface area contributed by atoms with Crippen LogP contribution in [0.15, 0.2) is 48.5 Å². The summed E-state index contributed by atoms with van der Waals surface area (Å²) in [6.07, 6.45) is 0. The number of hydrogen-bond donors (Lipinski definition) is 3. The van der Waals surface area contributed by atoms with Gasteiger partial charge in [0.1, 0.15) is 5.75 Å². The van der Waals surface area contributed by atoms with Gasteiger partial charge < -0.3 is 20.7 Å². The zero-order chi connectivity index (χ0) is 19.3. The van der Waals surface area contributed by atoms with Crippen LogP contribution in [0.1, 0.15) is 17.2 Å². The standard InChI is InChI=1S/C19H23N3O4S/c1-26-17-8-2-14(3-9-17)12-21-19(23)22-16-6-4-15(5-7-16)18-13-27(24,25)11-10-20-18/h2-9,18,20H,10-13H2,1H3,(H2,21,22,23)/t18-/m0/s1. The van der Waals surface area contributed by atoms with Gasteiger partial charge in [0.05, 0.1) is 18.6 Å². The van der Waals surface area contributed by atoms with Crippen LogP contribution in [0, 0.1) is 0 Å². The van der Waals surface area contributed by atoms with E-state index in [4.69, 9.17) is 4.74 Å². The van der Waals surface area contributed by atoms with Gasteiger partial charge in [-0.15, -0.1) is 0 Å². The highest BCUT2D eigenvalue weighted by molar-refractivity contribution is 7.91. The molecule has 144 valence electrons. The number of ether oxygens (including phenoxy) is 1. The molecule has 1 atom stereocenters.